The highest BCUT2D eigenvalue weighted by atomic mass is 32.2. The lowest BCUT2D eigenvalue weighted by molar-refractivity contribution is -0.167. The molecular weight excluding hydrogens is 1390 g/mol. The third-order valence-electron chi connectivity index (χ3n) is 20.4. The van der Waals surface area contributed by atoms with Crippen LogP contribution < -0.4 is 21.4 Å². The molecule has 2 unspecified atom stereocenters. The summed E-state index contributed by atoms with van der Waals surface area (Å²) in [6.07, 6.45) is 16.0. The van der Waals surface area contributed by atoms with Gasteiger partial charge in [0.2, 0.25) is 11.8 Å². The van der Waals surface area contributed by atoms with E-state index in [4.69, 9.17) is 52.1 Å². The first-order chi connectivity index (χ1) is 50.5. The molecule has 0 aromatic heterocycles. The average Bonchev–Trinajstić information content (AvgIpc) is 1.68. The first kappa shape index (κ1) is 94.8. The average molecular weight is 1520 g/mol. The number of ether oxygens (including phenoxy) is 11. The number of hydrogen-bond acceptors (Lipinski definition) is 24. The monoisotopic (exact) mass is 1520 g/mol. The quantitative estimate of drug-likeness (QED) is 0.00642. The number of esters is 4. The van der Waals surface area contributed by atoms with Crippen molar-refractivity contribution < 1.29 is 95.9 Å². The number of likely N-dealkylation sites (N-methyl/N-ethyl adjacent to an activating group) is 2. The van der Waals surface area contributed by atoms with Crippen molar-refractivity contribution in [2.75, 3.05) is 121 Å². The molecule has 0 spiro atoms. The molecule has 0 saturated carbocycles. The zero-order valence-electron chi connectivity index (χ0n) is 66.8. The number of methoxy groups -OCH3 is 3. The Morgan fingerprint density at radius 1 is 0.783 bits per heavy atom. The van der Waals surface area contributed by atoms with Crippen LogP contribution in [-0.4, -0.2) is 267 Å². The van der Waals surface area contributed by atoms with E-state index in [1.165, 1.54) is 26.3 Å². The summed E-state index contributed by atoms with van der Waals surface area (Å²) in [5.41, 5.74) is 3.62. The van der Waals surface area contributed by atoms with Gasteiger partial charge in [-0.25, -0.2) is 15.0 Å². The summed E-state index contributed by atoms with van der Waals surface area (Å²) >= 11 is 1.88. The number of hydrogen-bond donors (Lipinski definition) is 6. The number of thioether (sulfide) groups is 1. The van der Waals surface area contributed by atoms with Crippen molar-refractivity contribution in [2.24, 2.45) is 46.5 Å². The van der Waals surface area contributed by atoms with E-state index in [1.54, 1.807) is 77.4 Å². The molecule has 608 valence electrons. The van der Waals surface area contributed by atoms with E-state index >= 15 is 0 Å². The van der Waals surface area contributed by atoms with Crippen LogP contribution in [-0.2, 0) is 80.9 Å². The molecule has 20 atom stereocenters. The molecule has 0 radical (unpaired) electrons. The summed E-state index contributed by atoms with van der Waals surface area (Å²) in [5.74, 6) is -3.92. The van der Waals surface area contributed by atoms with Gasteiger partial charge in [-0.2, -0.15) is 16.9 Å². The lowest BCUT2D eigenvalue weighted by atomic mass is 9.82. The van der Waals surface area contributed by atoms with Crippen molar-refractivity contribution in [3.05, 3.63) is 48.1 Å². The van der Waals surface area contributed by atoms with Gasteiger partial charge < -0.3 is 78.3 Å². The molecule has 0 aromatic rings. The number of carbonyl (C=O) groups is 7. The SMILES string of the molecule is COCC(C(=O)O[C@@H]1C/C=C/C=C/C(=O)O[C@H]([C@@H](C)[C@@H](O)[C@@H](C)CC[C@@H](OC(=O)C(C)N(C)C)[C@H](C)[C@H](OC(C)=O)[C@H](C)C/C=N/NC(=O)CCOCCOCCOCCOCCNC(=O)CCCC[C@@H]2SC[C@@H]3NC(=O)N[C@@H]32)C/C=C/[C@H](OC)C[C@H](C)C/C=C(\C)[C@@H](OC)CC[C@@H](C)[C@@H](O)[C@@H]1C)N(C)C. The number of urea groups is 1. The van der Waals surface area contributed by atoms with Crippen LogP contribution in [0.15, 0.2) is 53.2 Å². The Labute approximate surface area is 637 Å². The highest BCUT2D eigenvalue weighted by Gasteiger charge is 2.43. The lowest BCUT2D eigenvalue weighted by Gasteiger charge is -2.36. The van der Waals surface area contributed by atoms with Crippen LogP contribution in [0.5, 0.6) is 0 Å². The van der Waals surface area contributed by atoms with E-state index in [9.17, 15) is 43.8 Å². The maximum absolute atomic E-state index is 13.8. The first-order valence-electron chi connectivity index (χ1n) is 38.3. The number of allylic oxidation sites excluding steroid dienone is 3. The second-order valence-corrected chi connectivity index (χ2v) is 30.7. The van der Waals surface area contributed by atoms with Crippen molar-refractivity contribution >= 4 is 59.7 Å². The molecule has 4 amide bonds. The summed E-state index contributed by atoms with van der Waals surface area (Å²) in [5, 5.41) is 37.4. The van der Waals surface area contributed by atoms with Gasteiger partial charge in [-0.3, -0.25) is 33.8 Å². The van der Waals surface area contributed by atoms with Crippen LogP contribution in [0, 0.1) is 41.4 Å². The van der Waals surface area contributed by atoms with Gasteiger partial charge in [-0.1, -0.05) is 91.3 Å². The third kappa shape index (κ3) is 36.9. The minimum absolute atomic E-state index is 0.00152. The molecule has 2 saturated heterocycles. The van der Waals surface area contributed by atoms with Crippen molar-refractivity contribution in [1.82, 2.24) is 31.2 Å². The number of fused-ring (bicyclic) bond motifs is 1. The van der Waals surface area contributed by atoms with E-state index in [-0.39, 0.29) is 112 Å². The molecule has 0 bridgehead atoms. The molecule has 106 heavy (non-hydrogen) atoms. The maximum atomic E-state index is 13.8. The van der Waals surface area contributed by atoms with Crippen LogP contribution >= 0.6 is 11.8 Å². The van der Waals surface area contributed by atoms with Gasteiger partial charge in [0, 0.05) is 95.1 Å². The summed E-state index contributed by atoms with van der Waals surface area (Å²) in [4.78, 5) is 94.0. The van der Waals surface area contributed by atoms with Crippen molar-refractivity contribution in [3.63, 3.8) is 0 Å². The Hall–Kier alpha value is -5.37. The predicted molar refractivity (Wildman–Crippen MR) is 410 cm³/mol. The minimum atomic E-state index is -1.01. The number of unbranched alkanes of at least 4 members (excludes halogenated alkanes) is 1. The molecule has 3 rings (SSSR count). The fourth-order valence-corrected chi connectivity index (χ4v) is 14.6. The van der Waals surface area contributed by atoms with Crippen LogP contribution in [0.25, 0.3) is 0 Å². The van der Waals surface area contributed by atoms with Gasteiger partial charge in [-0.05, 0) is 129 Å². The maximum Gasteiger partial charge on any atom is 0.331 e. The third-order valence-corrected chi connectivity index (χ3v) is 22.0. The Balaban J connectivity index is 1.59. The van der Waals surface area contributed by atoms with Crippen molar-refractivity contribution in [3.8, 4) is 0 Å². The fraction of sp³-hybridized carbons (Fsp3) is 0.795. The summed E-state index contributed by atoms with van der Waals surface area (Å²) in [6.45, 7) is 21.7. The number of carbonyl (C=O) groups excluding carboxylic acids is 7. The van der Waals surface area contributed by atoms with Crippen LogP contribution in [0.3, 0.4) is 0 Å². The van der Waals surface area contributed by atoms with E-state index in [0.29, 0.717) is 83.5 Å². The normalized spacial score (nSPS) is 27.1. The van der Waals surface area contributed by atoms with Crippen molar-refractivity contribution in [2.45, 2.75) is 237 Å². The Morgan fingerprint density at radius 2 is 1.46 bits per heavy atom. The molecule has 27 nitrogen and oxygen atoms in total. The number of rotatable bonds is 43. The molecule has 28 heteroatoms. The van der Waals surface area contributed by atoms with Gasteiger partial charge in [0.05, 0.1) is 102 Å². The zero-order chi connectivity index (χ0) is 78.7. The Bertz CT molecular complexity index is 2710. The number of nitrogens with zero attached hydrogens (tertiary/aromatic N) is 3. The highest BCUT2D eigenvalue weighted by molar-refractivity contribution is 8.00. The van der Waals surface area contributed by atoms with E-state index in [0.717, 1.165) is 37.0 Å². The summed E-state index contributed by atoms with van der Waals surface area (Å²) < 4.78 is 64.1. The van der Waals surface area contributed by atoms with Gasteiger partial charge >= 0.3 is 29.9 Å². The van der Waals surface area contributed by atoms with Gasteiger partial charge in [0.25, 0.3) is 0 Å². The molecule has 3 heterocycles. The standard InChI is InChI=1S/C78H135N7O20S/c1-51-30-31-52(2)64(97-17)34-32-53(3)74(91)57(7)66(105-77(93)63(49-95-15)85(13)14)25-19-18-20-29-71(89)103-65(26-23-24-61(48-51)96-16)56(6)73(90)54(4)33-35-67(104-76(92)59(9)84(11)12)58(8)75(102-60(10)86)55(5)36-38-80-83-70(88)37-40-98-42-44-100-46-47-101-45-43-99-41-39-79-69(87)28-22-21-27-68-72-62(50-106-68)81-78(94)82-72/h18-20,23-24,29,31,38,51,53-59,61-68,72-75,90-91H,21-22,25-28,30,32-37,39-50H2,1-17H3,(H,79,87)(H,83,88)(H2,81,82,94)/b19-18+,24-23+,29-20+,52-31+,80-38+/t51-,53-,54+,55-,56-,57-,58+,59?,61+,62+,63?,64+,65+,66-,67-,68+,72+,73+,74-,75-/m1/s1. The van der Waals surface area contributed by atoms with Gasteiger partial charge in [0.1, 0.15) is 36.5 Å². The second kappa shape index (κ2) is 53.5. The van der Waals surface area contributed by atoms with Crippen LogP contribution in [0.2, 0.25) is 0 Å². The van der Waals surface area contributed by atoms with Crippen LogP contribution in [0.4, 0.5) is 4.79 Å². The molecule has 3 aliphatic heterocycles. The molecule has 3 aliphatic rings. The summed E-state index contributed by atoms with van der Waals surface area (Å²) in [7, 11) is 12.0. The van der Waals surface area contributed by atoms with Crippen molar-refractivity contribution in [1.29, 1.82) is 0 Å². The zero-order valence-corrected chi connectivity index (χ0v) is 67.7. The first-order valence-corrected chi connectivity index (χ1v) is 39.3. The fourth-order valence-electron chi connectivity index (χ4n) is 13.1. The Kier molecular flexibility index (Phi) is 47.8. The number of nitrogens with one attached hydrogen (secondary N) is 4. The predicted octanol–water partition coefficient (Wildman–Crippen LogP) is 7.92. The van der Waals surface area contributed by atoms with Gasteiger partial charge in [-0.15, -0.1) is 0 Å². The van der Waals surface area contributed by atoms with E-state index in [2.05, 4.69) is 46.4 Å². The largest absolute Gasteiger partial charge is 0.462 e. The lowest BCUT2D eigenvalue weighted by Crippen LogP contribution is -2.44. The number of aliphatic hydroxyl groups is 2. The molecule has 2 fully saturated rings. The minimum Gasteiger partial charge on any atom is -0.462 e. The number of aliphatic hydroxyl groups excluding tert-OH is 2. The van der Waals surface area contributed by atoms with Gasteiger partial charge in [0.15, 0.2) is 0 Å². The molecule has 6 N–H and O–H groups in total. The number of cyclic esters (lactones) is 1. The van der Waals surface area contributed by atoms with E-state index in [1.807, 2.05) is 65.5 Å². The number of amides is 4. The second-order valence-electron chi connectivity index (χ2n) is 29.4. The molecule has 0 aliphatic carbocycles. The smallest absolute Gasteiger partial charge is 0.331 e. The van der Waals surface area contributed by atoms with E-state index < -0.39 is 96.3 Å². The van der Waals surface area contributed by atoms with Crippen LogP contribution in [0.1, 0.15) is 159 Å². The summed E-state index contributed by atoms with van der Waals surface area (Å²) in [6, 6.07) is -0.986. The molecular formula is C78H135N7O20S. The topological polar surface area (TPSA) is 328 Å². The molecule has 0 aromatic carbocycles. The Morgan fingerprint density at radius 3 is 2.10 bits per heavy atom. The highest BCUT2D eigenvalue weighted by Crippen LogP contribution is 2.35. The number of hydrazone groups is 1.